The first-order valence-electron chi connectivity index (χ1n) is 6.64. The van der Waals surface area contributed by atoms with E-state index in [0.29, 0.717) is 0 Å². The molecular formula is C14H22F2N2O2S. The summed E-state index contributed by atoms with van der Waals surface area (Å²) >= 11 is 0. The molecule has 1 heterocycles. The van der Waals surface area contributed by atoms with E-state index in [4.69, 9.17) is 4.74 Å². The summed E-state index contributed by atoms with van der Waals surface area (Å²) in [5.74, 6) is -2.75. The maximum Gasteiger partial charge on any atom is 0.278 e. The van der Waals surface area contributed by atoms with Gasteiger partial charge >= 0.3 is 0 Å². The van der Waals surface area contributed by atoms with Gasteiger partial charge in [0.2, 0.25) is 5.88 Å². The first kappa shape index (κ1) is 18.0. The van der Waals surface area contributed by atoms with Gasteiger partial charge in [0.15, 0.2) is 6.61 Å². The fourth-order valence-corrected chi connectivity index (χ4v) is 2.15. The molecule has 1 aromatic heterocycles. The Morgan fingerprint density at radius 1 is 1.33 bits per heavy atom. The van der Waals surface area contributed by atoms with E-state index in [1.807, 2.05) is 27.7 Å². The molecule has 0 aliphatic heterocycles. The van der Waals surface area contributed by atoms with E-state index in [-0.39, 0.29) is 16.7 Å². The number of aromatic nitrogens is 1. The predicted octanol–water partition coefficient (Wildman–Crippen LogP) is 3.23. The van der Waals surface area contributed by atoms with Crippen molar-refractivity contribution in [2.24, 2.45) is 0 Å². The van der Waals surface area contributed by atoms with Gasteiger partial charge in [-0.1, -0.05) is 6.07 Å². The van der Waals surface area contributed by atoms with Crippen molar-refractivity contribution >= 4 is 11.0 Å². The summed E-state index contributed by atoms with van der Waals surface area (Å²) < 4.78 is 44.9. The molecule has 0 saturated heterocycles. The molecule has 2 unspecified atom stereocenters. The summed E-state index contributed by atoms with van der Waals surface area (Å²) in [4.78, 5) is 3.98. The molecule has 0 aromatic carbocycles. The van der Waals surface area contributed by atoms with Gasteiger partial charge in [-0.2, -0.15) is 0 Å². The van der Waals surface area contributed by atoms with Crippen molar-refractivity contribution in [3.8, 4) is 5.88 Å². The third kappa shape index (κ3) is 6.48. The molecule has 1 rings (SSSR count). The summed E-state index contributed by atoms with van der Waals surface area (Å²) in [6.07, 6.45) is 1.53. The first-order valence-corrected chi connectivity index (χ1v) is 7.78. The second kappa shape index (κ2) is 6.79. The molecule has 0 amide bonds. The van der Waals surface area contributed by atoms with Crippen LogP contribution in [0.4, 0.5) is 8.78 Å². The van der Waals surface area contributed by atoms with Crippen LogP contribution in [0.2, 0.25) is 0 Å². The molecule has 4 nitrogen and oxygen atoms in total. The number of hydrogen-bond acceptors (Lipinski definition) is 3. The van der Waals surface area contributed by atoms with Crippen LogP contribution in [-0.2, 0) is 11.0 Å². The molecule has 0 saturated carbocycles. The Kier molecular flexibility index (Phi) is 5.81. The number of nitrogens with one attached hydrogen (secondary N) is 1. The average Bonchev–Trinajstić information content (AvgIpc) is 2.35. The number of pyridine rings is 1. The van der Waals surface area contributed by atoms with Crippen molar-refractivity contribution in [2.75, 3.05) is 6.61 Å². The van der Waals surface area contributed by atoms with Gasteiger partial charge in [0.1, 0.15) is 0 Å². The van der Waals surface area contributed by atoms with Gasteiger partial charge in [-0.05, 0) is 33.3 Å². The van der Waals surface area contributed by atoms with Crippen LogP contribution in [0.25, 0.3) is 0 Å². The standard InChI is InChI=1S/C14H22F2N2O2S/c1-10(18-21(19)13(2,3)4)11-6-7-12(17-8-11)20-9-14(5,15)16/h6-8,10,18H,9H2,1-5H3. The van der Waals surface area contributed by atoms with Crippen molar-refractivity contribution in [2.45, 2.75) is 51.3 Å². The summed E-state index contributed by atoms with van der Waals surface area (Å²) in [5, 5.41) is 0. The second-order valence-electron chi connectivity index (χ2n) is 6.01. The average molecular weight is 320 g/mol. The smallest absolute Gasteiger partial charge is 0.278 e. The van der Waals surface area contributed by atoms with Crippen molar-refractivity contribution in [1.82, 2.24) is 9.71 Å². The minimum atomic E-state index is -2.89. The van der Waals surface area contributed by atoms with Gasteiger partial charge in [0.25, 0.3) is 5.92 Å². The van der Waals surface area contributed by atoms with Crippen LogP contribution in [0.5, 0.6) is 5.88 Å². The molecule has 7 heteroatoms. The Hall–Kier alpha value is -1.08. The summed E-state index contributed by atoms with van der Waals surface area (Å²) in [5.41, 5.74) is 0.809. The van der Waals surface area contributed by atoms with Crippen molar-refractivity contribution < 1.29 is 17.7 Å². The number of alkyl halides is 2. The lowest BCUT2D eigenvalue weighted by molar-refractivity contribution is -0.0242. The molecule has 0 aliphatic rings. The molecule has 0 aliphatic carbocycles. The molecule has 0 radical (unpaired) electrons. The van der Waals surface area contributed by atoms with Crippen LogP contribution in [-0.4, -0.2) is 26.5 Å². The highest BCUT2D eigenvalue weighted by molar-refractivity contribution is 7.84. The van der Waals surface area contributed by atoms with Crippen LogP contribution in [0.1, 0.15) is 46.2 Å². The number of ether oxygens (including phenoxy) is 1. The van der Waals surface area contributed by atoms with E-state index >= 15 is 0 Å². The Morgan fingerprint density at radius 2 is 1.95 bits per heavy atom. The minimum absolute atomic E-state index is 0.143. The normalized spacial score (nSPS) is 15.6. The Morgan fingerprint density at radius 3 is 2.38 bits per heavy atom. The highest BCUT2D eigenvalue weighted by atomic mass is 32.2. The monoisotopic (exact) mass is 320 g/mol. The lowest BCUT2D eigenvalue weighted by atomic mass is 10.2. The fraction of sp³-hybridized carbons (Fsp3) is 0.643. The quantitative estimate of drug-likeness (QED) is 0.875. The zero-order valence-electron chi connectivity index (χ0n) is 12.9. The molecule has 1 N–H and O–H groups in total. The van der Waals surface area contributed by atoms with E-state index in [9.17, 15) is 13.0 Å². The first-order chi connectivity index (χ1) is 9.49. The molecule has 0 spiro atoms. The summed E-state index contributed by atoms with van der Waals surface area (Å²) in [6.45, 7) is 7.58. The molecule has 0 bridgehead atoms. The lowest BCUT2D eigenvalue weighted by Crippen LogP contribution is -2.34. The molecular weight excluding hydrogens is 298 g/mol. The molecule has 2 atom stereocenters. The second-order valence-corrected chi connectivity index (χ2v) is 8.01. The van der Waals surface area contributed by atoms with Gasteiger partial charge in [-0.15, -0.1) is 0 Å². The maximum atomic E-state index is 12.7. The predicted molar refractivity (Wildman–Crippen MR) is 79.8 cm³/mol. The molecule has 1 aromatic rings. The van der Waals surface area contributed by atoms with Gasteiger partial charge in [0, 0.05) is 25.2 Å². The minimum Gasteiger partial charge on any atom is -0.471 e. The fourth-order valence-electron chi connectivity index (χ4n) is 1.34. The van der Waals surface area contributed by atoms with Gasteiger partial charge in [-0.3, -0.25) is 0 Å². The zero-order valence-corrected chi connectivity index (χ0v) is 13.8. The van der Waals surface area contributed by atoms with Crippen LogP contribution in [0.3, 0.4) is 0 Å². The van der Waals surface area contributed by atoms with E-state index < -0.39 is 23.5 Å². The maximum absolute atomic E-state index is 12.7. The van der Waals surface area contributed by atoms with Gasteiger partial charge in [-0.25, -0.2) is 22.7 Å². The third-order valence-corrected chi connectivity index (χ3v) is 4.25. The van der Waals surface area contributed by atoms with E-state index in [2.05, 4.69) is 9.71 Å². The van der Waals surface area contributed by atoms with Crippen molar-refractivity contribution in [3.05, 3.63) is 23.9 Å². The molecule has 0 fully saturated rings. The number of rotatable bonds is 6. The van der Waals surface area contributed by atoms with E-state index in [0.717, 1.165) is 12.5 Å². The van der Waals surface area contributed by atoms with Crippen LogP contribution < -0.4 is 9.46 Å². The highest BCUT2D eigenvalue weighted by Crippen LogP contribution is 2.19. The Bertz CT molecular complexity index is 481. The Balaban J connectivity index is 2.63. The SMILES string of the molecule is CC(NS(=O)C(C)(C)C)c1ccc(OCC(C)(F)F)nc1. The van der Waals surface area contributed by atoms with E-state index in [1.54, 1.807) is 6.07 Å². The zero-order chi connectivity index (χ0) is 16.3. The lowest BCUT2D eigenvalue weighted by Gasteiger charge is -2.22. The Labute approximate surface area is 126 Å². The summed E-state index contributed by atoms with van der Waals surface area (Å²) in [6, 6.07) is 3.08. The van der Waals surface area contributed by atoms with Crippen LogP contribution in [0, 0.1) is 0 Å². The van der Waals surface area contributed by atoms with Gasteiger partial charge < -0.3 is 4.74 Å². The van der Waals surface area contributed by atoms with Crippen LogP contribution >= 0.6 is 0 Å². The highest BCUT2D eigenvalue weighted by Gasteiger charge is 2.23. The molecule has 21 heavy (non-hydrogen) atoms. The summed E-state index contributed by atoms with van der Waals surface area (Å²) in [7, 11) is -1.20. The van der Waals surface area contributed by atoms with Crippen molar-refractivity contribution in [3.63, 3.8) is 0 Å². The number of nitrogens with zero attached hydrogens (tertiary/aromatic N) is 1. The molecule has 120 valence electrons. The van der Waals surface area contributed by atoms with Crippen molar-refractivity contribution in [1.29, 1.82) is 0 Å². The van der Waals surface area contributed by atoms with Crippen LogP contribution in [0.15, 0.2) is 18.3 Å². The third-order valence-electron chi connectivity index (χ3n) is 2.57. The largest absolute Gasteiger partial charge is 0.471 e. The number of hydrogen-bond donors (Lipinski definition) is 1. The number of halogens is 2. The topological polar surface area (TPSA) is 51.2 Å². The van der Waals surface area contributed by atoms with E-state index in [1.165, 1.54) is 12.3 Å². The van der Waals surface area contributed by atoms with Gasteiger partial charge in [0.05, 0.1) is 15.7 Å².